The number of aromatic nitrogens is 1. The van der Waals surface area contributed by atoms with Gasteiger partial charge in [-0.2, -0.15) is 0 Å². The number of pyridine rings is 1. The lowest BCUT2D eigenvalue weighted by molar-refractivity contribution is 0.195. The van der Waals surface area contributed by atoms with Crippen LogP contribution >= 0.6 is 0 Å². The summed E-state index contributed by atoms with van der Waals surface area (Å²) < 4.78 is 33.8. The first-order valence-electron chi connectivity index (χ1n) is 13.3. The number of likely N-dealkylation sites (N-methyl/N-ethyl adjacent to an activating group) is 1. The monoisotopic (exact) mass is 567 g/mol. The Balaban J connectivity index is 1.17. The van der Waals surface area contributed by atoms with Crippen LogP contribution in [0.2, 0.25) is 0 Å². The summed E-state index contributed by atoms with van der Waals surface area (Å²) in [6, 6.07) is 5.70. The number of anilines is 2. The van der Waals surface area contributed by atoms with Crippen molar-refractivity contribution in [3.63, 3.8) is 0 Å². The van der Waals surface area contributed by atoms with E-state index in [1.807, 2.05) is 14.1 Å². The predicted octanol–water partition coefficient (Wildman–Crippen LogP) is 4.98. The van der Waals surface area contributed by atoms with Gasteiger partial charge in [-0.05, 0) is 57.3 Å². The third-order valence-corrected chi connectivity index (χ3v) is 7.24. The van der Waals surface area contributed by atoms with Gasteiger partial charge >= 0.3 is 18.1 Å². The van der Waals surface area contributed by atoms with Crippen molar-refractivity contribution in [2.24, 2.45) is 0 Å². The highest BCUT2D eigenvalue weighted by Gasteiger charge is 2.35. The van der Waals surface area contributed by atoms with Crippen LogP contribution in [0.15, 0.2) is 60.2 Å². The van der Waals surface area contributed by atoms with Gasteiger partial charge in [0, 0.05) is 61.8 Å². The lowest BCUT2D eigenvalue weighted by Gasteiger charge is -2.22. The lowest BCUT2D eigenvalue weighted by atomic mass is 10.1. The average molecular weight is 568 g/mol. The van der Waals surface area contributed by atoms with E-state index < -0.39 is 17.9 Å². The van der Waals surface area contributed by atoms with Crippen LogP contribution in [0.25, 0.3) is 0 Å². The van der Waals surface area contributed by atoms with Gasteiger partial charge in [-0.3, -0.25) is 10.2 Å². The summed E-state index contributed by atoms with van der Waals surface area (Å²) in [6.07, 6.45) is 5.77. The van der Waals surface area contributed by atoms with Crippen molar-refractivity contribution in [2.75, 3.05) is 50.9 Å². The molecule has 1 aromatic carbocycles. The molecular formula is C28H31F2N7O4. The van der Waals surface area contributed by atoms with Crippen LogP contribution < -0.4 is 15.4 Å². The zero-order valence-corrected chi connectivity index (χ0v) is 22.8. The first-order chi connectivity index (χ1) is 19.7. The number of urea groups is 3. The second-order valence-corrected chi connectivity index (χ2v) is 10.2. The van der Waals surface area contributed by atoms with Crippen LogP contribution in [0.4, 0.5) is 34.7 Å². The fourth-order valence-electron chi connectivity index (χ4n) is 4.88. The Kier molecular flexibility index (Phi) is 8.15. The van der Waals surface area contributed by atoms with E-state index in [-0.39, 0.29) is 54.4 Å². The molecule has 11 nitrogen and oxygen atoms in total. The summed E-state index contributed by atoms with van der Waals surface area (Å²) in [5.74, 6) is -0.579. The van der Waals surface area contributed by atoms with Gasteiger partial charge in [-0.15, -0.1) is 0 Å². The van der Waals surface area contributed by atoms with Crippen molar-refractivity contribution in [1.29, 1.82) is 0 Å². The molecule has 2 fully saturated rings. The number of benzene rings is 1. The molecule has 0 saturated carbocycles. The largest absolute Gasteiger partial charge is 0.454 e. The van der Waals surface area contributed by atoms with Crippen molar-refractivity contribution in [3.8, 4) is 11.5 Å². The number of hydrogen-bond donors (Lipinski definition) is 2. The molecule has 1 atom stereocenters. The molecule has 2 aromatic rings. The minimum Gasteiger partial charge on any atom is -0.454 e. The van der Waals surface area contributed by atoms with Gasteiger partial charge in [-0.25, -0.2) is 33.0 Å². The van der Waals surface area contributed by atoms with Crippen molar-refractivity contribution < 1.29 is 27.9 Å². The molecule has 5 rings (SSSR count). The Morgan fingerprint density at radius 1 is 1.02 bits per heavy atom. The van der Waals surface area contributed by atoms with Crippen LogP contribution in [-0.4, -0.2) is 89.0 Å². The summed E-state index contributed by atoms with van der Waals surface area (Å²) >= 11 is 0. The third kappa shape index (κ3) is 6.46. The molecule has 2 N–H and O–H groups in total. The summed E-state index contributed by atoms with van der Waals surface area (Å²) in [5.41, 5.74) is 0.782. The van der Waals surface area contributed by atoms with Crippen LogP contribution in [0.1, 0.15) is 19.3 Å². The second-order valence-electron chi connectivity index (χ2n) is 10.2. The van der Waals surface area contributed by atoms with Crippen molar-refractivity contribution in [2.45, 2.75) is 25.3 Å². The Labute approximate surface area is 236 Å². The molecule has 41 heavy (non-hydrogen) atoms. The predicted molar refractivity (Wildman–Crippen MR) is 148 cm³/mol. The van der Waals surface area contributed by atoms with Crippen LogP contribution in [0.5, 0.6) is 11.5 Å². The molecule has 2 saturated heterocycles. The number of hydrogen-bond acceptors (Lipinski definition) is 6. The maximum atomic E-state index is 14.9. The van der Waals surface area contributed by atoms with Crippen molar-refractivity contribution >= 4 is 29.6 Å². The van der Waals surface area contributed by atoms with E-state index in [4.69, 9.17) is 4.74 Å². The van der Waals surface area contributed by atoms with Crippen LogP contribution in [-0.2, 0) is 0 Å². The fraction of sp³-hybridized carbons (Fsp3) is 0.357. The Morgan fingerprint density at radius 2 is 1.85 bits per heavy atom. The molecule has 13 heteroatoms. The molecule has 3 aliphatic rings. The molecule has 6 amide bonds. The number of imide groups is 1. The molecule has 1 unspecified atom stereocenters. The Bertz CT molecular complexity index is 1410. The standard InChI is InChI=1S/C28H31F2N7O4/c1-34(2)21-10-12-35(17-21)26(38)33-25-16-22(9-11-31-25)41-24-8-5-19(15-23(24)30)32-27(39)37-14-13-36(28(37)40)20-6-3-18(29)4-7-20/h3,5-6,8-9,11,15-16,21H,4,7,10,12-14,17H2,1-2H3,(H,32,39)(H,31,33,38). The lowest BCUT2D eigenvalue weighted by Crippen LogP contribution is -2.38. The molecule has 3 heterocycles. The smallest absolute Gasteiger partial charge is 0.332 e. The van der Waals surface area contributed by atoms with Gasteiger partial charge in [0.15, 0.2) is 11.6 Å². The van der Waals surface area contributed by atoms with E-state index in [0.717, 1.165) is 17.4 Å². The first-order valence-corrected chi connectivity index (χ1v) is 13.3. The minimum atomic E-state index is -0.743. The Morgan fingerprint density at radius 3 is 2.56 bits per heavy atom. The highest BCUT2D eigenvalue weighted by Crippen LogP contribution is 2.29. The normalized spacial score (nSPS) is 18.9. The molecular weight excluding hydrogens is 536 g/mol. The van der Waals surface area contributed by atoms with Gasteiger partial charge < -0.3 is 19.9 Å². The van der Waals surface area contributed by atoms with E-state index in [0.29, 0.717) is 31.2 Å². The topological polar surface area (TPSA) is 110 Å². The molecule has 216 valence electrons. The summed E-state index contributed by atoms with van der Waals surface area (Å²) in [4.78, 5) is 48.5. The zero-order chi connectivity index (χ0) is 29.1. The molecule has 0 radical (unpaired) electrons. The number of halogens is 2. The average Bonchev–Trinajstić information content (AvgIpc) is 3.59. The van der Waals surface area contributed by atoms with E-state index in [1.165, 1.54) is 41.4 Å². The summed E-state index contributed by atoms with van der Waals surface area (Å²) in [5, 5.41) is 5.28. The van der Waals surface area contributed by atoms with Crippen molar-refractivity contribution in [1.82, 2.24) is 24.6 Å². The van der Waals surface area contributed by atoms with Gasteiger partial charge in [0.1, 0.15) is 17.4 Å². The van der Waals surface area contributed by atoms with Gasteiger partial charge in [-0.1, -0.05) is 0 Å². The summed E-state index contributed by atoms with van der Waals surface area (Å²) in [6.45, 7) is 1.69. The zero-order valence-electron chi connectivity index (χ0n) is 22.8. The minimum absolute atomic E-state index is 0.104. The Hall–Kier alpha value is -4.52. The van der Waals surface area contributed by atoms with Gasteiger partial charge in [0.25, 0.3) is 0 Å². The quantitative estimate of drug-likeness (QED) is 0.510. The number of carbonyl (C=O) groups excluding carboxylic acids is 3. The van der Waals surface area contributed by atoms with E-state index in [2.05, 4.69) is 20.5 Å². The number of nitrogens with one attached hydrogen (secondary N) is 2. The van der Waals surface area contributed by atoms with E-state index in [9.17, 15) is 23.2 Å². The number of nitrogens with zero attached hydrogens (tertiary/aromatic N) is 5. The van der Waals surface area contributed by atoms with Gasteiger partial charge in [0.05, 0.1) is 6.54 Å². The molecule has 1 aromatic heterocycles. The maximum Gasteiger partial charge on any atom is 0.332 e. The first kappa shape index (κ1) is 28.0. The number of rotatable bonds is 6. The number of allylic oxidation sites excluding steroid dienone is 4. The molecule has 0 bridgehead atoms. The number of likely N-dealkylation sites (tertiary alicyclic amines) is 1. The van der Waals surface area contributed by atoms with Gasteiger partial charge in [0.2, 0.25) is 0 Å². The molecule has 0 spiro atoms. The number of amides is 6. The summed E-state index contributed by atoms with van der Waals surface area (Å²) in [7, 11) is 3.96. The second kappa shape index (κ2) is 11.9. The van der Waals surface area contributed by atoms with Crippen LogP contribution in [0, 0.1) is 5.82 Å². The highest BCUT2D eigenvalue weighted by atomic mass is 19.1. The SMILES string of the molecule is CN(C)C1CCN(C(=O)Nc2cc(Oc3ccc(NC(=O)N4CCN(C5=CC=C(F)CC5)C4=O)cc3F)ccn2)C1. The fourth-order valence-corrected chi connectivity index (χ4v) is 4.88. The third-order valence-electron chi connectivity index (χ3n) is 7.24. The highest BCUT2D eigenvalue weighted by molar-refractivity contribution is 6.02. The van der Waals surface area contributed by atoms with Crippen LogP contribution in [0.3, 0.4) is 0 Å². The van der Waals surface area contributed by atoms with E-state index >= 15 is 0 Å². The van der Waals surface area contributed by atoms with E-state index in [1.54, 1.807) is 11.0 Å². The molecule has 1 aliphatic carbocycles. The van der Waals surface area contributed by atoms with Crippen molar-refractivity contribution in [3.05, 3.63) is 66.0 Å². The maximum absolute atomic E-state index is 14.9. The number of carbonyl (C=O) groups is 3. The molecule has 2 aliphatic heterocycles. The number of ether oxygens (including phenoxy) is 1.